The van der Waals surface area contributed by atoms with Gasteiger partial charge in [0.25, 0.3) is 5.69 Å². The zero-order chi connectivity index (χ0) is 20.3. The minimum Gasteiger partial charge on any atom is -0.450 e. The molecule has 0 fully saturated rings. The smallest absolute Gasteiger partial charge is 0.312 e. The summed E-state index contributed by atoms with van der Waals surface area (Å²) in [6, 6.07) is 15.9. The first-order chi connectivity index (χ1) is 13.3. The number of hydrogen-bond acceptors (Lipinski definition) is 6. The first-order valence-corrected chi connectivity index (χ1v) is 8.94. The van der Waals surface area contributed by atoms with E-state index in [9.17, 15) is 25.0 Å². The van der Waals surface area contributed by atoms with Gasteiger partial charge in [-0.25, -0.2) is 0 Å². The molecule has 0 bridgehead atoms. The summed E-state index contributed by atoms with van der Waals surface area (Å²) in [6.07, 6.45) is 0. The number of non-ortho nitro benzene ring substituents is 1. The predicted molar refractivity (Wildman–Crippen MR) is 109 cm³/mol. The van der Waals surface area contributed by atoms with E-state index < -0.39 is 15.6 Å². The molecule has 0 heterocycles. The number of ketones is 1. The molecule has 0 radical (unpaired) electrons. The molecule has 9 heteroatoms. The van der Waals surface area contributed by atoms with Gasteiger partial charge in [-0.15, -0.1) is 0 Å². The van der Waals surface area contributed by atoms with Crippen LogP contribution in [0.15, 0.2) is 66.7 Å². The van der Waals surface area contributed by atoms with Gasteiger partial charge >= 0.3 is 5.69 Å². The molecule has 0 aliphatic rings. The number of ether oxygens (including phenoxy) is 1. The van der Waals surface area contributed by atoms with Gasteiger partial charge in [-0.1, -0.05) is 0 Å². The highest BCUT2D eigenvalue weighted by atomic mass is 127. The maximum absolute atomic E-state index is 12.6. The van der Waals surface area contributed by atoms with Crippen molar-refractivity contribution in [2.45, 2.75) is 0 Å². The number of nitro benzene ring substituents is 2. The van der Waals surface area contributed by atoms with Crippen LogP contribution in [-0.2, 0) is 0 Å². The summed E-state index contributed by atoms with van der Waals surface area (Å²) in [6.45, 7) is 0. The summed E-state index contributed by atoms with van der Waals surface area (Å²) in [5.74, 6) is -0.0526. The lowest BCUT2D eigenvalue weighted by Gasteiger charge is -2.08. The molecule has 0 atom stereocenters. The average Bonchev–Trinajstić information content (AvgIpc) is 2.69. The monoisotopic (exact) mass is 490 g/mol. The second kappa shape index (κ2) is 8.13. The van der Waals surface area contributed by atoms with Crippen LogP contribution in [0.4, 0.5) is 11.4 Å². The van der Waals surface area contributed by atoms with Crippen LogP contribution in [0.1, 0.15) is 15.9 Å². The van der Waals surface area contributed by atoms with E-state index in [1.165, 1.54) is 36.4 Å². The van der Waals surface area contributed by atoms with Gasteiger partial charge in [-0.3, -0.25) is 25.0 Å². The molecule has 0 N–H and O–H groups in total. The Bertz CT molecular complexity index is 1060. The largest absolute Gasteiger partial charge is 0.450 e. The van der Waals surface area contributed by atoms with Crippen molar-refractivity contribution in [1.82, 2.24) is 0 Å². The topological polar surface area (TPSA) is 113 Å². The Morgan fingerprint density at radius 1 is 0.821 bits per heavy atom. The molecule has 28 heavy (non-hydrogen) atoms. The van der Waals surface area contributed by atoms with Crippen LogP contribution < -0.4 is 4.74 Å². The minimum absolute atomic E-state index is 0.00598. The molecule has 0 aliphatic carbocycles. The van der Waals surface area contributed by atoms with Gasteiger partial charge in [0, 0.05) is 32.9 Å². The lowest BCUT2D eigenvalue weighted by atomic mass is 10.0. The van der Waals surface area contributed by atoms with Crippen LogP contribution in [0.2, 0.25) is 0 Å². The molecule has 0 amide bonds. The summed E-state index contributed by atoms with van der Waals surface area (Å²) in [5.41, 5.74) is -0.239. The van der Waals surface area contributed by atoms with Gasteiger partial charge in [0.05, 0.1) is 9.85 Å². The Hall–Kier alpha value is -3.34. The predicted octanol–water partition coefficient (Wildman–Crippen LogP) is 5.13. The first kappa shape index (κ1) is 19.4. The molecular weight excluding hydrogens is 479 g/mol. The van der Waals surface area contributed by atoms with Crippen molar-refractivity contribution < 1.29 is 19.4 Å². The highest BCUT2D eigenvalue weighted by Crippen LogP contribution is 2.33. The molecule has 0 spiro atoms. The van der Waals surface area contributed by atoms with E-state index in [1.54, 1.807) is 24.3 Å². The fourth-order valence-corrected chi connectivity index (χ4v) is 2.78. The van der Waals surface area contributed by atoms with Crippen LogP contribution in [0.3, 0.4) is 0 Å². The molecule has 0 unspecified atom stereocenters. The number of carbonyl (C=O) groups is 1. The van der Waals surface area contributed by atoms with Crippen LogP contribution in [0, 0.1) is 23.8 Å². The number of hydrogen-bond donors (Lipinski definition) is 0. The van der Waals surface area contributed by atoms with Crippen molar-refractivity contribution in [1.29, 1.82) is 0 Å². The third-order valence-corrected chi connectivity index (χ3v) is 4.52. The van der Waals surface area contributed by atoms with E-state index in [-0.39, 0.29) is 28.3 Å². The molecule has 0 aliphatic heterocycles. The Balaban J connectivity index is 1.91. The third-order valence-electron chi connectivity index (χ3n) is 3.80. The molecule has 3 rings (SSSR count). The normalized spacial score (nSPS) is 10.3. The minimum atomic E-state index is -0.630. The summed E-state index contributed by atoms with van der Waals surface area (Å²) < 4.78 is 6.57. The van der Waals surface area contributed by atoms with E-state index in [1.807, 2.05) is 0 Å². The van der Waals surface area contributed by atoms with Gasteiger partial charge in [-0.2, -0.15) is 0 Å². The van der Waals surface area contributed by atoms with Crippen LogP contribution in [0.5, 0.6) is 11.5 Å². The first-order valence-electron chi connectivity index (χ1n) is 7.86. The van der Waals surface area contributed by atoms with Gasteiger partial charge < -0.3 is 4.74 Å². The molecule has 140 valence electrons. The number of carbonyl (C=O) groups excluding carboxylic acids is 1. The van der Waals surface area contributed by atoms with Gasteiger partial charge in [0.2, 0.25) is 5.75 Å². The number of halogens is 1. The maximum atomic E-state index is 12.6. The summed E-state index contributed by atoms with van der Waals surface area (Å²) >= 11 is 2.13. The summed E-state index contributed by atoms with van der Waals surface area (Å²) in [5, 5.41) is 22.1. The molecular formula is C19H11IN2O6. The number of nitro groups is 2. The van der Waals surface area contributed by atoms with Crippen LogP contribution in [0.25, 0.3) is 0 Å². The fourth-order valence-electron chi connectivity index (χ4n) is 2.42. The lowest BCUT2D eigenvalue weighted by Crippen LogP contribution is -2.03. The van der Waals surface area contributed by atoms with Crippen molar-refractivity contribution in [3.8, 4) is 11.5 Å². The highest BCUT2D eigenvalue weighted by Gasteiger charge is 2.20. The molecule has 0 saturated carbocycles. The van der Waals surface area contributed by atoms with E-state index in [2.05, 4.69) is 22.6 Å². The number of rotatable bonds is 6. The molecule has 0 saturated heterocycles. The van der Waals surface area contributed by atoms with Crippen molar-refractivity contribution in [3.63, 3.8) is 0 Å². The number of nitrogens with zero attached hydrogens (tertiary/aromatic N) is 2. The van der Waals surface area contributed by atoms with Crippen LogP contribution in [-0.4, -0.2) is 15.6 Å². The standard InChI is InChI=1S/C19H11IN2O6/c20-14-4-8-16(9-5-14)28-18-10-3-13(11-17(18)22(26)27)19(23)12-1-6-15(7-2-12)21(24)25/h1-11H. The fraction of sp³-hybridized carbons (Fsp3) is 0. The highest BCUT2D eigenvalue weighted by molar-refractivity contribution is 14.1. The van der Waals surface area contributed by atoms with Crippen LogP contribution >= 0.6 is 22.6 Å². The molecule has 3 aromatic carbocycles. The van der Waals surface area contributed by atoms with Crippen molar-refractivity contribution in [2.24, 2.45) is 0 Å². The number of benzene rings is 3. The molecule has 3 aromatic rings. The van der Waals surface area contributed by atoms with E-state index in [4.69, 9.17) is 4.74 Å². The van der Waals surface area contributed by atoms with Gasteiger partial charge in [-0.05, 0) is 71.1 Å². The maximum Gasteiger partial charge on any atom is 0.312 e. The Labute approximate surface area is 172 Å². The Morgan fingerprint density at radius 3 is 2.00 bits per heavy atom. The zero-order valence-corrected chi connectivity index (χ0v) is 16.2. The van der Waals surface area contributed by atoms with Crippen molar-refractivity contribution >= 4 is 39.7 Å². The third kappa shape index (κ3) is 4.31. The average molecular weight is 490 g/mol. The zero-order valence-electron chi connectivity index (χ0n) is 14.1. The van der Waals surface area contributed by atoms with Gasteiger partial charge in [0.1, 0.15) is 5.75 Å². The quantitative estimate of drug-likeness (QED) is 0.205. The molecule has 8 nitrogen and oxygen atoms in total. The van der Waals surface area contributed by atoms with Gasteiger partial charge in [0.15, 0.2) is 5.78 Å². The SMILES string of the molecule is O=C(c1ccc([N+](=O)[O-])cc1)c1ccc(Oc2ccc(I)cc2)c([N+](=O)[O-])c1. The second-order valence-corrected chi connectivity index (χ2v) is 6.87. The van der Waals surface area contributed by atoms with E-state index in [0.29, 0.717) is 5.75 Å². The van der Waals surface area contributed by atoms with E-state index >= 15 is 0 Å². The lowest BCUT2D eigenvalue weighted by molar-refractivity contribution is -0.385. The second-order valence-electron chi connectivity index (χ2n) is 5.63. The Kier molecular flexibility index (Phi) is 5.64. The van der Waals surface area contributed by atoms with Crippen molar-refractivity contribution in [3.05, 3.63) is 102 Å². The Morgan fingerprint density at radius 2 is 1.43 bits per heavy atom. The summed E-state index contributed by atoms with van der Waals surface area (Å²) in [4.78, 5) is 33.5. The summed E-state index contributed by atoms with van der Waals surface area (Å²) in [7, 11) is 0. The van der Waals surface area contributed by atoms with Crippen molar-refractivity contribution in [2.75, 3.05) is 0 Å². The van der Waals surface area contributed by atoms with E-state index in [0.717, 1.165) is 9.64 Å². The molecule has 0 aromatic heterocycles.